The number of benzene rings is 3. The first-order valence-electron chi connectivity index (χ1n) is 11.1. The molecule has 0 aliphatic carbocycles. The molecule has 0 radical (unpaired) electrons. The highest BCUT2D eigenvalue weighted by atomic mass is 16.2. The zero-order valence-electron chi connectivity index (χ0n) is 19.2. The summed E-state index contributed by atoms with van der Waals surface area (Å²) >= 11 is 0. The van der Waals surface area contributed by atoms with Crippen LogP contribution in [0.3, 0.4) is 0 Å². The molecule has 3 aromatic carbocycles. The van der Waals surface area contributed by atoms with E-state index in [1.807, 2.05) is 98.1 Å². The van der Waals surface area contributed by atoms with Gasteiger partial charge in [0.25, 0.3) is 5.91 Å². The van der Waals surface area contributed by atoms with E-state index in [2.05, 4.69) is 5.32 Å². The van der Waals surface area contributed by atoms with Crippen LogP contribution in [0, 0.1) is 13.8 Å². The number of anilines is 1. The minimum absolute atomic E-state index is 0.0335. The molecule has 2 amide bonds. The summed E-state index contributed by atoms with van der Waals surface area (Å²) in [6.07, 6.45) is 0. The summed E-state index contributed by atoms with van der Waals surface area (Å²) in [5.41, 5.74) is 5.20. The maximum atomic E-state index is 13.3. The fraction of sp³-hybridized carbons (Fsp3) is 0.222. The molecule has 0 saturated heterocycles. The number of para-hydroxylation sites is 3. The summed E-state index contributed by atoms with van der Waals surface area (Å²) < 4.78 is 1.89. The van der Waals surface area contributed by atoms with Crippen molar-refractivity contribution in [3.05, 3.63) is 95.3 Å². The molecule has 168 valence electrons. The van der Waals surface area contributed by atoms with Gasteiger partial charge in [0, 0.05) is 17.8 Å². The summed E-state index contributed by atoms with van der Waals surface area (Å²) in [6, 6.07) is 23.1. The van der Waals surface area contributed by atoms with Crippen molar-refractivity contribution in [1.82, 2.24) is 14.9 Å². The van der Waals surface area contributed by atoms with Crippen LogP contribution in [0.4, 0.5) is 5.69 Å². The Labute approximate surface area is 193 Å². The SMILES string of the molecule is CCN(C(=O)Cn1c(CNC(=O)c2ccc(C)cc2C)nc2ccccc21)c1ccccc1. The molecule has 0 saturated carbocycles. The largest absolute Gasteiger partial charge is 0.345 e. The normalized spacial score (nSPS) is 10.9. The molecule has 0 aliphatic rings. The molecule has 0 bridgehead atoms. The van der Waals surface area contributed by atoms with Crippen LogP contribution in [-0.2, 0) is 17.9 Å². The van der Waals surface area contributed by atoms with E-state index in [0.29, 0.717) is 17.9 Å². The number of imidazole rings is 1. The predicted octanol–water partition coefficient (Wildman–Crippen LogP) is 4.64. The average Bonchev–Trinajstić information content (AvgIpc) is 3.16. The highest BCUT2D eigenvalue weighted by Crippen LogP contribution is 2.19. The summed E-state index contributed by atoms with van der Waals surface area (Å²) in [5, 5.41) is 2.98. The standard InChI is InChI=1S/C27H28N4O2/c1-4-30(21-10-6-5-7-11-21)26(32)18-31-24-13-9-8-12-23(24)29-25(31)17-28-27(33)22-15-14-19(2)16-20(22)3/h5-16H,4,17-18H2,1-3H3,(H,28,33). The molecule has 0 atom stereocenters. The van der Waals surface area contributed by atoms with Gasteiger partial charge in [-0.05, 0) is 56.7 Å². The van der Waals surface area contributed by atoms with Crippen LogP contribution in [0.2, 0.25) is 0 Å². The lowest BCUT2D eigenvalue weighted by Gasteiger charge is -2.22. The molecule has 0 unspecified atom stereocenters. The molecule has 33 heavy (non-hydrogen) atoms. The first-order valence-corrected chi connectivity index (χ1v) is 11.1. The van der Waals surface area contributed by atoms with Crippen molar-refractivity contribution in [2.45, 2.75) is 33.9 Å². The summed E-state index contributed by atoms with van der Waals surface area (Å²) in [4.78, 5) is 32.5. The van der Waals surface area contributed by atoms with Crippen LogP contribution in [0.15, 0.2) is 72.8 Å². The van der Waals surface area contributed by atoms with E-state index in [-0.39, 0.29) is 24.9 Å². The number of nitrogens with one attached hydrogen (secondary N) is 1. The first kappa shape index (κ1) is 22.3. The number of hydrogen-bond acceptors (Lipinski definition) is 3. The average molecular weight is 441 g/mol. The lowest BCUT2D eigenvalue weighted by molar-refractivity contribution is -0.119. The number of hydrogen-bond donors (Lipinski definition) is 1. The molecule has 0 fully saturated rings. The lowest BCUT2D eigenvalue weighted by Crippen LogP contribution is -2.34. The Hall–Kier alpha value is -3.93. The van der Waals surface area contributed by atoms with E-state index in [0.717, 1.165) is 27.8 Å². The number of fused-ring (bicyclic) bond motifs is 1. The first-order chi connectivity index (χ1) is 16.0. The number of aromatic nitrogens is 2. The topological polar surface area (TPSA) is 67.2 Å². The van der Waals surface area contributed by atoms with Gasteiger partial charge in [-0.3, -0.25) is 9.59 Å². The van der Waals surface area contributed by atoms with Crippen LogP contribution >= 0.6 is 0 Å². The van der Waals surface area contributed by atoms with E-state index in [9.17, 15) is 9.59 Å². The van der Waals surface area contributed by atoms with Gasteiger partial charge in [-0.15, -0.1) is 0 Å². The Kier molecular flexibility index (Phi) is 6.54. The Bertz CT molecular complexity index is 1290. The predicted molar refractivity (Wildman–Crippen MR) is 131 cm³/mol. The number of aryl methyl sites for hydroxylation is 2. The Morgan fingerprint density at radius 2 is 1.70 bits per heavy atom. The molecule has 6 nitrogen and oxygen atoms in total. The number of amides is 2. The Morgan fingerprint density at radius 3 is 2.42 bits per heavy atom. The quantitative estimate of drug-likeness (QED) is 0.455. The fourth-order valence-corrected chi connectivity index (χ4v) is 4.09. The third-order valence-corrected chi connectivity index (χ3v) is 5.75. The summed E-state index contributed by atoms with van der Waals surface area (Å²) in [6.45, 7) is 6.82. The van der Waals surface area contributed by atoms with Gasteiger partial charge >= 0.3 is 0 Å². The second-order valence-electron chi connectivity index (χ2n) is 8.08. The van der Waals surface area contributed by atoms with Crippen molar-refractivity contribution in [2.24, 2.45) is 0 Å². The van der Waals surface area contributed by atoms with Crippen molar-refractivity contribution in [3.8, 4) is 0 Å². The van der Waals surface area contributed by atoms with Crippen LogP contribution in [0.5, 0.6) is 0 Å². The van der Waals surface area contributed by atoms with Crippen molar-refractivity contribution in [3.63, 3.8) is 0 Å². The van der Waals surface area contributed by atoms with Crippen molar-refractivity contribution in [1.29, 1.82) is 0 Å². The molecular weight excluding hydrogens is 412 g/mol. The highest BCUT2D eigenvalue weighted by molar-refractivity contribution is 5.96. The molecular formula is C27H28N4O2. The van der Waals surface area contributed by atoms with Crippen molar-refractivity contribution < 1.29 is 9.59 Å². The molecule has 6 heteroatoms. The third kappa shape index (κ3) is 4.80. The highest BCUT2D eigenvalue weighted by Gasteiger charge is 2.19. The number of carbonyl (C=O) groups is 2. The van der Waals surface area contributed by atoms with E-state index in [1.54, 1.807) is 4.90 Å². The van der Waals surface area contributed by atoms with E-state index >= 15 is 0 Å². The monoisotopic (exact) mass is 440 g/mol. The Balaban J connectivity index is 1.59. The molecule has 0 spiro atoms. The number of carbonyl (C=O) groups excluding carboxylic acids is 2. The zero-order chi connectivity index (χ0) is 23.4. The van der Waals surface area contributed by atoms with Gasteiger partial charge in [0.05, 0.1) is 17.6 Å². The summed E-state index contributed by atoms with van der Waals surface area (Å²) in [7, 11) is 0. The van der Waals surface area contributed by atoms with Crippen molar-refractivity contribution in [2.75, 3.05) is 11.4 Å². The van der Waals surface area contributed by atoms with E-state index in [4.69, 9.17) is 4.98 Å². The molecule has 4 rings (SSSR count). The minimum atomic E-state index is -0.156. The lowest BCUT2D eigenvalue weighted by atomic mass is 10.1. The minimum Gasteiger partial charge on any atom is -0.345 e. The molecule has 1 aromatic heterocycles. The number of likely N-dealkylation sites (N-methyl/N-ethyl adjacent to an activating group) is 1. The number of rotatable bonds is 7. The number of nitrogens with zero attached hydrogens (tertiary/aromatic N) is 3. The van der Waals surface area contributed by atoms with Gasteiger partial charge in [-0.25, -0.2) is 4.98 Å². The van der Waals surface area contributed by atoms with Crippen molar-refractivity contribution >= 4 is 28.5 Å². The fourth-order valence-electron chi connectivity index (χ4n) is 4.09. The van der Waals surface area contributed by atoms with Gasteiger partial charge in [-0.2, -0.15) is 0 Å². The second kappa shape index (κ2) is 9.69. The zero-order valence-corrected chi connectivity index (χ0v) is 19.2. The molecule has 0 aliphatic heterocycles. The van der Waals surface area contributed by atoms with Gasteiger partial charge in [-0.1, -0.05) is 48.0 Å². The van der Waals surface area contributed by atoms with E-state index < -0.39 is 0 Å². The van der Waals surface area contributed by atoms with Gasteiger partial charge in [0.15, 0.2) is 0 Å². The third-order valence-electron chi connectivity index (χ3n) is 5.75. The maximum absolute atomic E-state index is 13.3. The van der Waals surface area contributed by atoms with Gasteiger partial charge in [0.1, 0.15) is 12.4 Å². The maximum Gasteiger partial charge on any atom is 0.251 e. The summed E-state index contributed by atoms with van der Waals surface area (Å²) in [5.74, 6) is 0.456. The Morgan fingerprint density at radius 1 is 0.970 bits per heavy atom. The van der Waals surface area contributed by atoms with Gasteiger partial charge < -0.3 is 14.8 Å². The van der Waals surface area contributed by atoms with Crippen LogP contribution in [0.25, 0.3) is 11.0 Å². The molecule has 1 N–H and O–H groups in total. The van der Waals surface area contributed by atoms with Crippen LogP contribution < -0.4 is 10.2 Å². The van der Waals surface area contributed by atoms with Gasteiger partial charge in [0.2, 0.25) is 5.91 Å². The molecule has 1 heterocycles. The van der Waals surface area contributed by atoms with Crippen LogP contribution in [-0.4, -0.2) is 27.9 Å². The molecule has 4 aromatic rings. The van der Waals surface area contributed by atoms with E-state index in [1.165, 1.54) is 0 Å². The smallest absolute Gasteiger partial charge is 0.251 e. The second-order valence-corrected chi connectivity index (χ2v) is 8.08. The van der Waals surface area contributed by atoms with Crippen LogP contribution in [0.1, 0.15) is 34.2 Å².